The summed E-state index contributed by atoms with van der Waals surface area (Å²) < 4.78 is 5.92. The number of ketones is 1. The number of rotatable bonds is 39. The van der Waals surface area contributed by atoms with Crippen molar-refractivity contribution in [3.8, 4) is 0 Å². The van der Waals surface area contributed by atoms with Gasteiger partial charge in [0.15, 0.2) is 0 Å². The van der Waals surface area contributed by atoms with Gasteiger partial charge < -0.3 is 20.1 Å². The van der Waals surface area contributed by atoms with Gasteiger partial charge >= 0.3 is 13.8 Å². The molecular formula is C42H82O8P+. The van der Waals surface area contributed by atoms with E-state index in [-0.39, 0.29) is 12.8 Å². The number of Topliss-reactive ketones (excluding diaryl/α,β-unsaturated/α-hetero) is 1. The molecule has 0 amide bonds. The quantitative estimate of drug-likeness (QED) is 0.0207. The van der Waals surface area contributed by atoms with Crippen LogP contribution in [0.2, 0.25) is 0 Å². The molecule has 9 heteroatoms. The number of hydrogen-bond donors (Lipinski definition) is 6. The van der Waals surface area contributed by atoms with Gasteiger partial charge in [0.05, 0.1) is 6.61 Å². The monoisotopic (exact) mass is 746 g/mol. The first-order valence-electron chi connectivity index (χ1n) is 21.2. The van der Waals surface area contributed by atoms with Crippen LogP contribution in [0.5, 0.6) is 0 Å². The molecule has 0 radical (unpaired) electrons. The Balaban J connectivity index is 4.72. The van der Waals surface area contributed by atoms with Crippen molar-refractivity contribution in [2.45, 2.75) is 224 Å². The van der Waals surface area contributed by atoms with E-state index >= 15 is 0 Å². The fraction of sp³-hybridized carbons (Fsp3) is 0.881. The normalized spacial score (nSPS) is 14.8. The summed E-state index contributed by atoms with van der Waals surface area (Å²) in [7, 11) is -4.83. The zero-order chi connectivity index (χ0) is 37.9. The summed E-state index contributed by atoms with van der Waals surface area (Å²) in [6, 6.07) is 0. The molecule has 0 aromatic heterocycles. The number of carbonyl (C=O) groups excluding carboxylic acids is 1. The highest BCUT2D eigenvalue weighted by molar-refractivity contribution is 7.60. The number of unbranched alkanes of at least 4 members (excludes halogenated alkanes) is 24. The lowest BCUT2D eigenvalue weighted by atomic mass is 9.84. The Morgan fingerprint density at radius 3 is 1.16 bits per heavy atom. The summed E-state index contributed by atoms with van der Waals surface area (Å²) in [5.74, 6) is -3.13. The van der Waals surface area contributed by atoms with Crippen molar-refractivity contribution in [2.24, 2.45) is 0 Å². The first-order valence-corrected chi connectivity index (χ1v) is 22.9. The summed E-state index contributed by atoms with van der Waals surface area (Å²) in [6.07, 6.45) is 40.6. The van der Waals surface area contributed by atoms with Gasteiger partial charge in [-0.2, -0.15) is 14.7 Å². The van der Waals surface area contributed by atoms with E-state index in [0.29, 0.717) is 12.8 Å². The maximum absolute atomic E-state index is 12.4. The molecule has 0 aromatic carbocycles. The molecule has 0 aliphatic rings. The van der Waals surface area contributed by atoms with Crippen molar-refractivity contribution in [2.75, 3.05) is 13.2 Å². The third-order valence-electron chi connectivity index (χ3n) is 10.1. The Labute approximate surface area is 314 Å². The minimum atomic E-state index is -4.83. The van der Waals surface area contributed by atoms with Gasteiger partial charge in [-0.15, -0.1) is 0 Å². The molecule has 2 atom stereocenters. The highest BCUT2D eigenvalue weighted by atomic mass is 31.2. The molecule has 0 aliphatic carbocycles. The molecule has 0 fully saturated rings. The molecule has 0 aliphatic heterocycles. The highest BCUT2D eigenvalue weighted by Gasteiger charge is 2.54. The van der Waals surface area contributed by atoms with E-state index in [4.69, 9.17) is 4.74 Å². The first kappa shape index (κ1) is 50.3. The highest BCUT2D eigenvalue weighted by Crippen LogP contribution is 2.53. The van der Waals surface area contributed by atoms with E-state index in [1.165, 1.54) is 89.9 Å². The number of carbonyl (C=O) groups is 1. The van der Waals surface area contributed by atoms with Gasteiger partial charge in [0.25, 0.3) is 0 Å². The van der Waals surface area contributed by atoms with Crippen LogP contribution in [0, 0.1) is 0 Å². The van der Waals surface area contributed by atoms with Crippen LogP contribution in [-0.4, -0.2) is 66.5 Å². The lowest BCUT2D eigenvalue weighted by molar-refractivity contribution is -0.172. The zero-order valence-corrected chi connectivity index (χ0v) is 33.9. The van der Waals surface area contributed by atoms with Gasteiger partial charge in [-0.25, -0.2) is 0 Å². The molecule has 1 unspecified atom stereocenters. The van der Waals surface area contributed by atoms with Gasteiger partial charge in [-0.3, -0.25) is 4.79 Å². The van der Waals surface area contributed by atoms with Crippen LogP contribution in [0.15, 0.2) is 24.3 Å². The molecule has 0 heterocycles. The van der Waals surface area contributed by atoms with Crippen LogP contribution >= 0.6 is 7.94 Å². The lowest BCUT2D eigenvalue weighted by Crippen LogP contribution is -2.51. The van der Waals surface area contributed by atoms with E-state index in [2.05, 4.69) is 38.2 Å². The predicted octanol–water partition coefficient (Wildman–Crippen LogP) is 10.6. The van der Waals surface area contributed by atoms with Crippen LogP contribution in [0.3, 0.4) is 0 Å². The molecule has 8 nitrogen and oxygen atoms in total. The first-order chi connectivity index (χ1) is 24.7. The van der Waals surface area contributed by atoms with Crippen molar-refractivity contribution in [1.82, 2.24) is 0 Å². The summed E-state index contributed by atoms with van der Waals surface area (Å²) >= 11 is 0. The molecule has 0 rings (SSSR count). The summed E-state index contributed by atoms with van der Waals surface area (Å²) in [4.78, 5) is 42.5. The van der Waals surface area contributed by atoms with Crippen molar-refractivity contribution in [1.29, 1.82) is 0 Å². The Bertz CT molecular complexity index is 786. The van der Waals surface area contributed by atoms with Gasteiger partial charge in [0.2, 0.25) is 5.78 Å². The number of ether oxygens (including phenoxy) is 1. The SMILES string of the molecule is CCCCCCCCC=CCCCCCCCCC(CCCCCCCCC=CCCCCCCCC)(OC(C(=O)CO)[P+](O)(O)O)[C@@H](O)CO. The van der Waals surface area contributed by atoms with Gasteiger partial charge in [0.1, 0.15) is 18.3 Å². The van der Waals surface area contributed by atoms with Crippen LogP contribution in [0.1, 0.15) is 206 Å². The average Bonchev–Trinajstić information content (AvgIpc) is 3.11. The topological polar surface area (TPSA) is 148 Å². The smallest absolute Gasteiger partial charge is 0.394 e. The van der Waals surface area contributed by atoms with Crippen LogP contribution in [0.4, 0.5) is 0 Å². The van der Waals surface area contributed by atoms with Gasteiger partial charge in [-0.1, -0.05) is 167 Å². The molecular weight excluding hydrogens is 663 g/mol. The number of aliphatic hydroxyl groups is 3. The lowest BCUT2D eigenvalue weighted by Gasteiger charge is -2.39. The second-order valence-corrected chi connectivity index (χ2v) is 16.5. The summed E-state index contributed by atoms with van der Waals surface area (Å²) in [6.45, 7) is 2.82. The van der Waals surface area contributed by atoms with Crippen molar-refractivity contribution in [3.63, 3.8) is 0 Å². The Morgan fingerprint density at radius 1 is 0.549 bits per heavy atom. The molecule has 0 bridgehead atoms. The molecule has 6 N–H and O–H groups in total. The second kappa shape index (κ2) is 35.0. The van der Waals surface area contributed by atoms with E-state index in [1.807, 2.05) is 0 Å². The zero-order valence-electron chi connectivity index (χ0n) is 33.0. The fourth-order valence-corrected chi connectivity index (χ4v) is 7.61. The molecule has 0 aromatic rings. The Hall–Kier alpha value is -0.700. The Kier molecular flexibility index (Phi) is 34.5. The predicted molar refractivity (Wildman–Crippen MR) is 215 cm³/mol. The minimum absolute atomic E-state index is 0.288. The maximum Gasteiger partial charge on any atom is 0.443 e. The third kappa shape index (κ3) is 28.4. The van der Waals surface area contributed by atoms with Gasteiger partial charge in [0, 0.05) is 0 Å². The summed E-state index contributed by atoms with van der Waals surface area (Å²) in [5.41, 5.74) is -1.45. The number of allylic oxidation sites excluding steroid dienone is 4. The number of hydrogen-bond acceptors (Lipinski definition) is 8. The number of aliphatic hydroxyl groups excluding tert-OH is 3. The summed E-state index contributed by atoms with van der Waals surface area (Å²) in [5, 5.41) is 30.4. The second-order valence-electron chi connectivity index (χ2n) is 14.8. The van der Waals surface area contributed by atoms with Crippen LogP contribution < -0.4 is 0 Å². The van der Waals surface area contributed by atoms with Gasteiger partial charge in [-0.05, 0) is 64.2 Å². The minimum Gasteiger partial charge on any atom is -0.394 e. The van der Waals surface area contributed by atoms with Crippen molar-refractivity contribution < 1.29 is 39.5 Å². The largest absolute Gasteiger partial charge is 0.443 e. The molecule has 51 heavy (non-hydrogen) atoms. The molecule has 302 valence electrons. The maximum atomic E-state index is 12.4. The van der Waals surface area contributed by atoms with Crippen LogP contribution in [0.25, 0.3) is 0 Å². The molecule has 0 spiro atoms. The average molecular weight is 746 g/mol. The fourth-order valence-electron chi connectivity index (χ4n) is 6.79. The Morgan fingerprint density at radius 2 is 0.863 bits per heavy atom. The molecule has 0 saturated heterocycles. The third-order valence-corrected chi connectivity index (χ3v) is 11.1. The van der Waals surface area contributed by atoms with Crippen molar-refractivity contribution in [3.05, 3.63) is 24.3 Å². The van der Waals surface area contributed by atoms with E-state index in [9.17, 15) is 34.8 Å². The van der Waals surface area contributed by atoms with Crippen LogP contribution in [-0.2, 0) is 9.53 Å². The molecule has 0 saturated carbocycles. The standard InChI is InChI=1S/C42H82O8P/c1-3-5-7-9-11-13-15-17-19-21-23-25-27-29-31-33-35-42(40(46)38-44,50-41(39(45)37-43)51(47,48)49)36-34-32-30-28-26-24-22-20-18-16-14-12-10-8-6-4-2/h17-20,40-41,43-44,46-49H,3-16,21-38H2,1-2H3/q+1/t40-,41?,42?/m0/s1. The van der Waals surface area contributed by atoms with E-state index < -0.39 is 44.5 Å². The van der Waals surface area contributed by atoms with E-state index in [1.54, 1.807) is 0 Å². The van der Waals surface area contributed by atoms with Crippen molar-refractivity contribution >= 4 is 13.7 Å². The van der Waals surface area contributed by atoms with E-state index in [0.717, 1.165) is 77.0 Å².